The zero-order valence-corrected chi connectivity index (χ0v) is 9.96. The molecule has 6 heteroatoms. The van der Waals surface area contributed by atoms with Gasteiger partial charge < -0.3 is 0 Å². The summed E-state index contributed by atoms with van der Waals surface area (Å²) in [5.74, 6) is -4.89. The van der Waals surface area contributed by atoms with E-state index in [0.29, 0.717) is 19.3 Å². The normalized spacial score (nSPS) is 16.9. The average molecular weight is 264 g/mol. The van der Waals surface area contributed by atoms with Crippen molar-refractivity contribution < 1.29 is 26.3 Å². The molecule has 0 spiro atoms. The molecule has 0 N–H and O–H groups in total. The SMILES string of the molecule is CCCCC(CC)CC(F)(F)C(F)C(F)(F)F. The third kappa shape index (κ3) is 5.64. The molecule has 0 aliphatic carbocycles. The Morgan fingerprint density at radius 3 is 1.88 bits per heavy atom. The molecule has 2 atom stereocenters. The highest BCUT2D eigenvalue weighted by molar-refractivity contribution is 4.84. The number of halogens is 6. The van der Waals surface area contributed by atoms with Gasteiger partial charge in [0.15, 0.2) is 0 Å². The molecule has 17 heavy (non-hydrogen) atoms. The molecular weight excluding hydrogens is 246 g/mol. The highest BCUT2D eigenvalue weighted by Crippen LogP contribution is 2.40. The Hall–Kier alpha value is -0.420. The molecule has 0 amide bonds. The van der Waals surface area contributed by atoms with Gasteiger partial charge in [-0.1, -0.05) is 39.5 Å². The van der Waals surface area contributed by atoms with E-state index >= 15 is 0 Å². The molecule has 2 unspecified atom stereocenters. The quantitative estimate of drug-likeness (QED) is 0.559. The van der Waals surface area contributed by atoms with Crippen LogP contribution in [-0.4, -0.2) is 18.3 Å². The number of rotatable bonds is 7. The topological polar surface area (TPSA) is 0 Å². The van der Waals surface area contributed by atoms with Crippen LogP contribution >= 0.6 is 0 Å². The Morgan fingerprint density at radius 1 is 1.00 bits per heavy atom. The van der Waals surface area contributed by atoms with E-state index in [2.05, 4.69) is 0 Å². The maximum absolute atomic E-state index is 13.1. The lowest BCUT2D eigenvalue weighted by Gasteiger charge is -2.26. The van der Waals surface area contributed by atoms with Crippen molar-refractivity contribution in [3.63, 3.8) is 0 Å². The highest BCUT2D eigenvalue weighted by atomic mass is 19.4. The first kappa shape index (κ1) is 16.6. The zero-order valence-electron chi connectivity index (χ0n) is 9.96. The second kappa shape index (κ2) is 6.50. The largest absolute Gasteiger partial charge is 0.425 e. The predicted molar refractivity (Wildman–Crippen MR) is 53.8 cm³/mol. The minimum absolute atomic E-state index is 0.333. The second-order valence-corrected chi connectivity index (χ2v) is 4.29. The van der Waals surface area contributed by atoms with Crippen LogP contribution in [0.3, 0.4) is 0 Å². The van der Waals surface area contributed by atoms with E-state index in [-0.39, 0.29) is 0 Å². The molecule has 0 rings (SSSR count). The van der Waals surface area contributed by atoms with E-state index in [9.17, 15) is 26.3 Å². The van der Waals surface area contributed by atoms with Gasteiger partial charge in [0.25, 0.3) is 12.1 Å². The van der Waals surface area contributed by atoms with Crippen molar-refractivity contribution in [1.29, 1.82) is 0 Å². The number of alkyl halides is 6. The number of unbranched alkanes of at least 4 members (excludes halogenated alkanes) is 1. The van der Waals surface area contributed by atoms with Gasteiger partial charge in [0.1, 0.15) is 0 Å². The molecule has 0 aliphatic rings. The Balaban J connectivity index is 4.49. The van der Waals surface area contributed by atoms with Crippen LogP contribution in [0.5, 0.6) is 0 Å². The van der Waals surface area contributed by atoms with Crippen LogP contribution in [0.4, 0.5) is 26.3 Å². The van der Waals surface area contributed by atoms with Gasteiger partial charge in [-0.05, 0) is 5.92 Å². The van der Waals surface area contributed by atoms with E-state index in [1.807, 2.05) is 6.92 Å². The Kier molecular flexibility index (Phi) is 6.34. The molecule has 0 fully saturated rings. The van der Waals surface area contributed by atoms with E-state index in [0.717, 1.165) is 6.42 Å². The van der Waals surface area contributed by atoms with E-state index in [1.165, 1.54) is 0 Å². The van der Waals surface area contributed by atoms with Crippen molar-refractivity contribution in [1.82, 2.24) is 0 Å². The van der Waals surface area contributed by atoms with Crippen LogP contribution in [0.25, 0.3) is 0 Å². The summed E-state index contributed by atoms with van der Waals surface area (Å²) in [5, 5.41) is 0. The monoisotopic (exact) mass is 264 g/mol. The van der Waals surface area contributed by atoms with Crippen molar-refractivity contribution in [3.8, 4) is 0 Å². The van der Waals surface area contributed by atoms with Crippen molar-refractivity contribution in [2.45, 2.75) is 64.2 Å². The summed E-state index contributed by atoms with van der Waals surface area (Å²) >= 11 is 0. The second-order valence-electron chi connectivity index (χ2n) is 4.29. The first-order chi connectivity index (χ1) is 7.65. The fourth-order valence-electron chi connectivity index (χ4n) is 1.67. The van der Waals surface area contributed by atoms with Crippen LogP contribution in [-0.2, 0) is 0 Å². The summed E-state index contributed by atoms with van der Waals surface area (Å²) in [4.78, 5) is 0. The molecule has 0 aromatic carbocycles. The molecule has 104 valence electrons. The molecule has 0 aromatic heterocycles. The summed E-state index contributed by atoms with van der Waals surface area (Å²) in [6.45, 7) is 3.48. The van der Waals surface area contributed by atoms with Gasteiger partial charge in [-0.3, -0.25) is 0 Å². The van der Waals surface area contributed by atoms with Crippen molar-refractivity contribution in [2.24, 2.45) is 5.92 Å². The summed E-state index contributed by atoms with van der Waals surface area (Å²) in [6, 6.07) is 0. The molecule has 0 aliphatic heterocycles. The molecule has 0 saturated carbocycles. The van der Waals surface area contributed by atoms with Gasteiger partial charge in [-0.15, -0.1) is 0 Å². The Bertz CT molecular complexity index is 210. The zero-order chi connectivity index (χ0) is 13.7. The van der Waals surface area contributed by atoms with Crippen molar-refractivity contribution in [3.05, 3.63) is 0 Å². The minimum atomic E-state index is -5.49. The van der Waals surface area contributed by atoms with E-state index < -0.39 is 30.6 Å². The summed E-state index contributed by atoms with van der Waals surface area (Å²) in [5.41, 5.74) is 0. The lowest BCUT2D eigenvalue weighted by atomic mass is 9.91. The molecule has 0 heterocycles. The fourth-order valence-corrected chi connectivity index (χ4v) is 1.67. The van der Waals surface area contributed by atoms with Gasteiger partial charge >= 0.3 is 6.18 Å². The third-order valence-electron chi connectivity index (χ3n) is 2.76. The summed E-state index contributed by atoms with van der Waals surface area (Å²) in [6.07, 6.45) is -8.41. The van der Waals surface area contributed by atoms with Crippen LogP contribution < -0.4 is 0 Å². The van der Waals surface area contributed by atoms with Gasteiger partial charge in [-0.25, -0.2) is 13.2 Å². The van der Waals surface area contributed by atoms with Crippen LogP contribution in [0.15, 0.2) is 0 Å². The molecule has 0 radical (unpaired) electrons. The summed E-state index contributed by atoms with van der Waals surface area (Å²) in [7, 11) is 0. The molecule has 0 saturated heterocycles. The lowest BCUT2D eigenvalue weighted by molar-refractivity contribution is -0.248. The van der Waals surface area contributed by atoms with Gasteiger partial charge in [-0.2, -0.15) is 13.2 Å². The number of hydrogen-bond acceptors (Lipinski definition) is 0. The van der Waals surface area contributed by atoms with Crippen molar-refractivity contribution >= 4 is 0 Å². The van der Waals surface area contributed by atoms with Gasteiger partial charge in [0, 0.05) is 6.42 Å². The summed E-state index contributed by atoms with van der Waals surface area (Å²) < 4.78 is 74.5. The van der Waals surface area contributed by atoms with E-state index in [1.54, 1.807) is 6.92 Å². The van der Waals surface area contributed by atoms with Gasteiger partial charge in [0.05, 0.1) is 0 Å². The first-order valence-electron chi connectivity index (χ1n) is 5.73. The van der Waals surface area contributed by atoms with Crippen LogP contribution in [0, 0.1) is 5.92 Å². The maximum Gasteiger partial charge on any atom is 0.425 e. The standard InChI is InChI=1S/C11H18F6/c1-3-5-6-8(4-2)7-10(13,14)9(12)11(15,16)17/h8-9H,3-7H2,1-2H3. The smallest absolute Gasteiger partial charge is 0.231 e. The molecule has 0 aromatic rings. The average Bonchev–Trinajstić information content (AvgIpc) is 2.21. The molecule has 0 bridgehead atoms. The highest BCUT2D eigenvalue weighted by Gasteiger charge is 2.56. The fraction of sp³-hybridized carbons (Fsp3) is 1.00. The van der Waals surface area contributed by atoms with Crippen LogP contribution in [0.1, 0.15) is 46.0 Å². The molecular formula is C11H18F6. The number of hydrogen-bond donors (Lipinski definition) is 0. The van der Waals surface area contributed by atoms with Gasteiger partial charge in [0.2, 0.25) is 0 Å². The predicted octanol–water partition coefficient (Wildman–Crippen LogP) is 5.13. The van der Waals surface area contributed by atoms with Crippen LogP contribution in [0.2, 0.25) is 0 Å². The van der Waals surface area contributed by atoms with E-state index in [4.69, 9.17) is 0 Å². The Morgan fingerprint density at radius 2 is 1.53 bits per heavy atom. The first-order valence-corrected chi connectivity index (χ1v) is 5.73. The lowest BCUT2D eigenvalue weighted by Crippen LogP contribution is -2.42. The maximum atomic E-state index is 13.1. The Labute approximate surface area is 97.4 Å². The van der Waals surface area contributed by atoms with Crippen molar-refractivity contribution in [2.75, 3.05) is 0 Å². The third-order valence-corrected chi connectivity index (χ3v) is 2.76. The minimum Gasteiger partial charge on any atom is -0.231 e. The molecule has 0 nitrogen and oxygen atoms in total.